The molecule has 0 unspecified atom stereocenters. The fraction of sp³-hybridized carbons (Fsp3) is 0.765. The van der Waals surface area contributed by atoms with Crippen LogP contribution < -0.4 is 0 Å². The number of hydrogen-bond donors (Lipinski definition) is 0. The SMILES string of the molecule is CCSc1nc(CC(=O)N2C[C@H]3CC[C@@H](C2)N(CCOC)C3)cs1. The Morgan fingerprint density at radius 3 is 3.08 bits per heavy atom. The monoisotopic (exact) mass is 369 g/mol. The van der Waals surface area contributed by atoms with E-state index in [1.165, 1.54) is 12.8 Å². The molecule has 0 radical (unpaired) electrons. The highest BCUT2D eigenvalue weighted by Crippen LogP contribution is 2.28. The molecule has 0 aromatic carbocycles. The number of fused-ring (bicyclic) bond motifs is 4. The molecule has 1 aromatic heterocycles. The summed E-state index contributed by atoms with van der Waals surface area (Å²) >= 11 is 3.39. The second kappa shape index (κ2) is 8.65. The van der Waals surface area contributed by atoms with E-state index in [1.807, 2.05) is 5.38 Å². The second-order valence-electron chi connectivity index (χ2n) is 6.60. The third-order valence-electron chi connectivity index (χ3n) is 4.89. The van der Waals surface area contributed by atoms with Gasteiger partial charge in [-0.05, 0) is 24.5 Å². The number of piperidine rings is 1. The number of rotatable bonds is 7. The maximum absolute atomic E-state index is 12.8. The number of hydrogen-bond acceptors (Lipinski definition) is 6. The molecule has 0 spiro atoms. The van der Waals surface area contributed by atoms with E-state index in [2.05, 4.69) is 21.7 Å². The van der Waals surface area contributed by atoms with E-state index in [0.29, 0.717) is 18.4 Å². The fourth-order valence-corrected chi connectivity index (χ4v) is 5.43. The van der Waals surface area contributed by atoms with Crippen molar-refractivity contribution >= 4 is 29.0 Å². The normalized spacial score (nSPS) is 24.3. The van der Waals surface area contributed by atoms with Gasteiger partial charge in [-0.15, -0.1) is 11.3 Å². The van der Waals surface area contributed by atoms with Gasteiger partial charge < -0.3 is 9.64 Å². The van der Waals surface area contributed by atoms with Crippen molar-refractivity contribution < 1.29 is 9.53 Å². The molecular weight excluding hydrogens is 342 g/mol. The van der Waals surface area contributed by atoms with Crippen molar-refractivity contribution in [2.75, 3.05) is 45.6 Å². The first-order valence-electron chi connectivity index (χ1n) is 8.77. The molecule has 2 bridgehead atoms. The Morgan fingerprint density at radius 1 is 1.42 bits per heavy atom. The molecule has 3 aliphatic heterocycles. The van der Waals surface area contributed by atoms with Crippen molar-refractivity contribution in [2.24, 2.45) is 5.92 Å². The van der Waals surface area contributed by atoms with Crippen LogP contribution in [0.2, 0.25) is 0 Å². The molecule has 0 saturated carbocycles. The summed E-state index contributed by atoms with van der Waals surface area (Å²) in [5, 5.41) is 2.03. The second-order valence-corrected chi connectivity index (χ2v) is 8.97. The summed E-state index contributed by atoms with van der Waals surface area (Å²) in [7, 11) is 1.75. The van der Waals surface area contributed by atoms with E-state index in [-0.39, 0.29) is 5.91 Å². The van der Waals surface area contributed by atoms with Crippen LogP contribution >= 0.6 is 23.1 Å². The number of carbonyl (C=O) groups is 1. The number of amides is 1. The third-order valence-corrected chi connectivity index (χ3v) is 6.85. The Morgan fingerprint density at radius 2 is 2.29 bits per heavy atom. The fourth-order valence-electron chi connectivity index (χ4n) is 3.69. The topological polar surface area (TPSA) is 45.7 Å². The number of thioether (sulfide) groups is 1. The summed E-state index contributed by atoms with van der Waals surface area (Å²) in [5.41, 5.74) is 0.925. The summed E-state index contributed by atoms with van der Waals surface area (Å²) in [6.07, 6.45) is 2.89. The average Bonchev–Trinajstić information content (AvgIpc) is 2.82. The zero-order valence-corrected chi connectivity index (χ0v) is 16.2. The molecule has 1 amide bonds. The number of carbonyl (C=O) groups excluding carboxylic acids is 1. The van der Waals surface area contributed by atoms with Crippen LogP contribution in [0.25, 0.3) is 0 Å². The van der Waals surface area contributed by atoms with Crippen LogP contribution in [0.15, 0.2) is 9.72 Å². The minimum Gasteiger partial charge on any atom is -0.383 e. The van der Waals surface area contributed by atoms with Gasteiger partial charge in [0.15, 0.2) is 0 Å². The number of thiazole rings is 1. The minimum absolute atomic E-state index is 0.235. The molecule has 0 aliphatic carbocycles. The Hall–Kier alpha value is -0.630. The maximum Gasteiger partial charge on any atom is 0.228 e. The number of aromatic nitrogens is 1. The van der Waals surface area contributed by atoms with Gasteiger partial charge in [-0.3, -0.25) is 9.69 Å². The van der Waals surface area contributed by atoms with Gasteiger partial charge in [0.25, 0.3) is 0 Å². The number of nitrogens with zero attached hydrogens (tertiary/aromatic N) is 3. The summed E-state index contributed by atoms with van der Waals surface area (Å²) in [6, 6.07) is 0.490. The molecule has 2 atom stereocenters. The molecule has 24 heavy (non-hydrogen) atoms. The highest BCUT2D eigenvalue weighted by atomic mass is 32.2. The molecule has 7 heteroatoms. The van der Waals surface area contributed by atoms with Crippen molar-refractivity contribution in [1.82, 2.24) is 14.8 Å². The van der Waals surface area contributed by atoms with Gasteiger partial charge in [0, 0.05) is 44.7 Å². The Balaban J connectivity index is 1.59. The zero-order chi connectivity index (χ0) is 16.9. The molecule has 3 saturated heterocycles. The Kier molecular flexibility index (Phi) is 6.55. The molecule has 4 rings (SSSR count). The lowest BCUT2D eigenvalue weighted by atomic mass is 9.95. The number of methoxy groups -OCH3 is 1. The van der Waals surface area contributed by atoms with Crippen LogP contribution in [0.1, 0.15) is 25.5 Å². The van der Waals surface area contributed by atoms with Crippen molar-refractivity contribution in [3.8, 4) is 0 Å². The Labute approximate surface area is 152 Å². The standard InChI is InChI=1S/C17H27N3O2S2/c1-3-23-17-18-14(12-24-17)8-16(21)20-10-13-4-5-15(11-20)19(9-13)6-7-22-2/h12-13,15H,3-11H2,1-2H3/t13-,15-/m0/s1. The smallest absolute Gasteiger partial charge is 0.228 e. The van der Waals surface area contributed by atoms with Gasteiger partial charge in [-0.2, -0.15) is 0 Å². The average molecular weight is 370 g/mol. The molecule has 0 N–H and O–H groups in total. The molecule has 1 aromatic rings. The lowest BCUT2D eigenvalue weighted by Crippen LogP contribution is -2.45. The summed E-state index contributed by atoms with van der Waals surface area (Å²) in [5.74, 6) is 1.86. The van der Waals surface area contributed by atoms with Crippen molar-refractivity contribution in [1.29, 1.82) is 0 Å². The van der Waals surface area contributed by atoms with Crippen LogP contribution in [0, 0.1) is 5.92 Å². The van der Waals surface area contributed by atoms with E-state index in [1.54, 1.807) is 30.2 Å². The predicted octanol–water partition coefficient (Wildman–Crippen LogP) is 2.37. The Bertz CT molecular complexity index is 552. The molecule has 5 nitrogen and oxygen atoms in total. The largest absolute Gasteiger partial charge is 0.383 e. The first-order valence-corrected chi connectivity index (χ1v) is 10.6. The van der Waals surface area contributed by atoms with Crippen LogP contribution in [0.5, 0.6) is 0 Å². The first-order chi connectivity index (χ1) is 11.7. The minimum atomic E-state index is 0.235. The molecule has 4 heterocycles. The van der Waals surface area contributed by atoms with Gasteiger partial charge in [-0.25, -0.2) is 4.98 Å². The van der Waals surface area contributed by atoms with E-state index in [0.717, 1.165) is 48.6 Å². The molecule has 3 aliphatic rings. The lowest BCUT2D eigenvalue weighted by Gasteiger charge is -2.35. The molecular formula is C17H27N3O2S2. The van der Waals surface area contributed by atoms with E-state index >= 15 is 0 Å². The zero-order valence-electron chi connectivity index (χ0n) is 14.6. The maximum atomic E-state index is 12.8. The van der Waals surface area contributed by atoms with Crippen LogP contribution in [-0.2, 0) is 16.0 Å². The highest BCUT2D eigenvalue weighted by molar-refractivity contribution is 8.00. The van der Waals surface area contributed by atoms with Gasteiger partial charge in [0.05, 0.1) is 18.7 Å². The van der Waals surface area contributed by atoms with Gasteiger partial charge in [0.1, 0.15) is 4.34 Å². The van der Waals surface area contributed by atoms with E-state index in [9.17, 15) is 4.79 Å². The third kappa shape index (κ3) is 4.50. The molecule has 134 valence electrons. The van der Waals surface area contributed by atoms with Crippen LogP contribution in [0.4, 0.5) is 0 Å². The summed E-state index contributed by atoms with van der Waals surface area (Å²) in [4.78, 5) is 21.9. The van der Waals surface area contributed by atoms with Gasteiger partial charge >= 0.3 is 0 Å². The van der Waals surface area contributed by atoms with Crippen LogP contribution in [0.3, 0.4) is 0 Å². The van der Waals surface area contributed by atoms with Crippen molar-refractivity contribution in [3.05, 3.63) is 11.1 Å². The highest BCUT2D eigenvalue weighted by Gasteiger charge is 2.36. The van der Waals surface area contributed by atoms with E-state index < -0.39 is 0 Å². The first kappa shape index (κ1) is 18.2. The quantitative estimate of drug-likeness (QED) is 0.691. The van der Waals surface area contributed by atoms with Crippen molar-refractivity contribution in [2.45, 2.75) is 36.6 Å². The van der Waals surface area contributed by atoms with Gasteiger partial charge in [-0.1, -0.05) is 18.7 Å². The summed E-state index contributed by atoms with van der Waals surface area (Å²) in [6.45, 7) is 6.74. The summed E-state index contributed by atoms with van der Waals surface area (Å²) < 4.78 is 6.31. The number of ether oxygens (including phenoxy) is 1. The van der Waals surface area contributed by atoms with E-state index in [4.69, 9.17) is 4.74 Å². The van der Waals surface area contributed by atoms with Gasteiger partial charge in [0.2, 0.25) is 5.91 Å². The molecule has 3 fully saturated rings. The predicted molar refractivity (Wildman–Crippen MR) is 98.8 cm³/mol. The van der Waals surface area contributed by atoms with Crippen molar-refractivity contribution in [3.63, 3.8) is 0 Å². The van der Waals surface area contributed by atoms with Crippen LogP contribution in [-0.4, -0.2) is 72.4 Å². The lowest BCUT2D eigenvalue weighted by molar-refractivity contribution is -0.130.